The number of alkyl halides is 5. The van der Waals surface area contributed by atoms with Crippen molar-refractivity contribution >= 4 is 11.8 Å². The van der Waals surface area contributed by atoms with E-state index < -0.39 is 78.3 Å². The van der Waals surface area contributed by atoms with E-state index in [4.69, 9.17) is 0 Å². The number of aliphatic hydroxyl groups excluding tert-OH is 1. The lowest BCUT2D eigenvalue weighted by Gasteiger charge is -2.31. The van der Waals surface area contributed by atoms with Crippen LogP contribution in [0.5, 0.6) is 0 Å². The summed E-state index contributed by atoms with van der Waals surface area (Å²) in [5.74, 6) is -6.78. The van der Waals surface area contributed by atoms with Crippen molar-refractivity contribution in [3.8, 4) is 0 Å². The van der Waals surface area contributed by atoms with Crippen molar-refractivity contribution in [2.75, 3.05) is 0 Å². The Labute approximate surface area is 206 Å². The van der Waals surface area contributed by atoms with Crippen molar-refractivity contribution in [1.29, 1.82) is 0 Å². The van der Waals surface area contributed by atoms with Gasteiger partial charge in [0, 0.05) is 18.9 Å². The Kier molecular flexibility index (Phi) is 10.2. The van der Waals surface area contributed by atoms with Crippen molar-refractivity contribution < 1.29 is 41.0 Å². The average molecular weight is 526 g/mol. The summed E-state index contributed by atoms with van der Waals surface area (Å²) in [5.41, 5.74) is -0.468. The van der Waals surface area contributed by atoms with Gasteiger partial charge in [0.1, 0.15) is 11.9 Å². The number of aliphatic hydroxyl groups is 1. The van der Waals surface area contributed by atoms with Gasteiger partial charge < -0.3 is 15.7 Å². The topological polar surface area (TPSA) is 90.5 Å². The van der Waals surface area contributed by atoms with E-state index in [0.717, 1.165) is 37.1 Å². The minimum Gasteiger partial charge on any atom is -0.381 e. The maximum absolute atomic E-state index is 14.7. The molecule has 1 aromatic rings. The highest BCUT2D eigenvalue weighted by atomic mass is 19.4. The van der Waals surface area contributed by atoms with Crippen molar-refractivity contribution in [2.24, 2.45) is 5.92 Å². The summed E-state index contributed by atoms with van der Waals surface area (Å²) in [6, 6.07) is -2.61. The molecule has 2 rings (SSSR count). The van der Waals surface area contributed by atoms with E-state index in [1.165, 1.54) is 20.8 Å². The van der Waals surface area contributed by atoms with Crippen LogP contribution in [0.2, 0.25) is 0 Å². The van der Waals surface area contributed by atoms with Crippen LogP contribution < -0.4 is 16.0 Å². The number of hydrogen-bond acceptors (Lipinski definition) is 4. The second-order valence-electron chi connectivity index (χ2n) is 9.65. The summed E-state index contributed by atoms with van der Waals surface area (Å²) < 4.78 is 84.3. The summed E-state index contributed by atoms with van der Waals surface area (Å²) in [6.07, 6.45) is -7.16. The van der Waals surface area contributed by atoms with E-state index in [0.29, 0.717) is 0 Å². The Bertz CT molecular complexity index is 875. The van der Waals surface area contributed by atoms with Crippen molar-refractivity contribution in [2.45, 2.75) is 95.2 Å². The Balaban J connectivity index is 2.29. The second-order valence-corrected chi connectivity index (χ2v) is 9.65. The maximum Gasteiger partial charge on any atom is 0.407 e. The fraction of sp³-hybridized carbons (Fsp3) is 0.667. The monoisotopic (exact) mass is 525 g/mol. The average Bonchev–Trinajstić information content (AvgIpc) is 3.57. The van der Waals surface area contributed by atoms with Crippen molar-refractivity contribution in [1.82, 2.24) is 16.0 Å². The summed E-state index contributed by atoms with van der Waals surface area (Å²) in [5, 5.41) is 17.1. The van der Waals surface area contributed by atoms with Crippen LogP contribution in [0.25, 0.3) is 0 Å². The molecule has 0 saturated heterocycles. The van der Waals surface area contributed by atoms with E-state index in [9.17, 15) is 41.0 Å². The number of benzene rings is 1. The van der Waals surface area contributed by atoms with Crippen LogP contribution in [0, 0.1) is 11.7 Å². The third kappa shape index (κ3) is 9.27. The molecule has 1 aromatic carbocycles. The molecule has 1 saturated carbocycles. The number of amides is 2. The molecule has 1 fully saturated rings. The molecular formula is C24H33F6N3O3. The third-order valence-electron chi connectivity index (χ3n) is 5.77. The molecule has 204 valence electrons. The molecule has 0 bridgehead atoms. The van der Waals surface area contributed by atoms with Gasteiger partial charge in [-0.05, 0) is 42.9 Å². The van der Waals surface area contributed by atoms with Crippen LogP contribution in [0.3, 0.4) is 0 Å². The summed E-state index contributed by atoms with van der Waals surface area (Å²) >= 11 is 0. The van der Waals surface area contributed by atoms with Crippen LogP contribution in [0.4, 0.5) is 26.3 Å². The first-order valence-electron chi connectivity index (χ1n) is 11.9. The smallest absolute Gasteiger partial charge is 0.381 e. The third-order valence-corrected chi connectivity index (χ3v) is 5.77. The van der Waals surface area contributed by atoms with E-state index in [1.54, 1.807) is 0 Å². The lowest BCUT2D eigenvalue weighted by atomic mass is 9.96. The molecule has 36 heavy (non-hydrogen) atoms. The molecule has 6 nitrogen and oxygen atoms in total. The second kappa shape index (κ2) is 12.3. The molecule has 2 unspecified atom stereocenters. The number of carbonyl (C=O) groups excluding carboxylic acids is 2. The van der Waals surface area contributed by atoms with Gasteiger partial charge in [-0.15, -0.1) is 0 Å². The molecule has 0 aromatic heterocycles. The Morgan fingerprint density at radius 1 is 1.03 bits per heavy atom. The van der Waals surface area contributed by atoms with E-state index >= 15 is 0 Å². The molecule has 0 heterocycles. The fourth-order valence-electron chi connectivity index (χ4n) is 3.83. The van der Waals surface area contributed by atoms with Gasteiger partial charge in [-0.3, -0.25) is 14.9 Å². The predicted molar refractivity (Wildman–Crippen MR) is 121 cm³/mol. The Morgan fingerprint density at radius 2 is 1.61 bits per heavy atom. The van der Waals surface area contributed by atoms with Gasteiger partial charge in [0.05, 0.1) is 12.1 Å². The van der Waals surface area contributed by atoms with Crippen molar-refractivity contribution in [3.63, 3.8) is 0 Å². The first-order valence-corrected chi connectivity index (χ1v) is 11.9. The lowest BCUT2D eigenvalue weighted by Crippen LogP contribution is -2.57. The number of hydrogen-bond donors (Lipinski definition) is 4. The van der Waals surface area contributed by atoms with Gasteiger partial charge in [0.2, 0.25) is 11.8 Å². The Hall–Kier alpha value is -2.34. The molecule has 4 atom stereocenters. The molecule has 0 aliphatic heterocycles. The number of nitrogens with one attached hydrogen (secondary N) is 3. The van der Waals surface area contributed by atoms with E-state index in [2.05, 4.69) is 10.6 Å². The molecule has 12 heteroatoms. The molecule has 1 aliphatic carbocycles. The highest BCUT2D eigenvalue weighted by Crippen LogP contribution is 2.35. The van der Waals surface area contributed by atoms with E-state index in [-0.39, 0.29) is 12.5 Å². The van der Waals surface area contributed by atoms with Crippen LogP contribution >= 0.6 is 0 Å². The minimum absolute atomic E-state index is 0.0146. The number of carbonyl (C=O) groups is 2. The standard InChI is InChI=1S/C24H33F6N3O3/c1-4-17(19(34)22(36)31-16-9-10-16)33-21(35)18(12-23(26,27)11-13(2)3)32-20(24(28,29)30)14-5-7-15(25)8-6-14/h5-8,13,16-20,32,34H,4,9-12H2,1-3H3,(H,31,36)(H,33,35)/t17-,18?,19?,20-/m0/s1. The molecule has 1 aliphatic rings. The highest BCUT2D eigenvalue weighted by molar-refractivity contribution is 5.85. The molecule has 4 N–H and O–H groups in total. The Morgan fingerprint density at radius 3 is 2.08 bits per heavy atom. The van der Waals surface area contributed by atoms with E-state index in [1.807, 2.05) is 5.32 Å². The largest absolute Gasteiger partial charge is 0.407 e. The minimum atomic E-state index is -5.00. The van der Waals surface area contributed by atoms with Gasteiger partial charge in [-0.1, -0.05) is 32.9 Å². The van der Waals surface area contributed by atoms with Crippen LogP contribution in [-0.2, 0) is 9.59 Å². The zero-order chi connectivity index (χ0) is 27.3. The zero-order valence-electron chi connectivity index (χ0n) is 20.3. The SMILES string of the molecule is CC[C@H](NC(=O)C(CC(F)(F)CC(C)C)N[C@@H](c1ccc(F)cc1)C(F)(F)F)C(O)C(=O)NC1CC1. The quantitative estimate of drug-likeness (QED) is 0.293. The normalized spacial score (nSPS) is 17.9. The van der Waals surface area contributed by atoms with Crippen LogP contribution in [0.1, 0.15) is 64.5 Å². The van der Waals surface area contributed by atoms with Crippen LogP contribution in [-0.4, -0.2) is 53.2 Å². The maximum atomic E-state index is 14.7. The molecule has 2 amide bonds. The summed E-state index contributed by atoms with van der Waals surface area (Å²) in [7, 11) is 0. The highest BCUT2D eigenvalue weighted by Gasteiger charge is 2.45. The summed E-state index contributed by atoms with van der Waals surface area (Å²) in [6.45, 7) is 4.54. The molecule has 0 spiro atoms. The van der Waals surface area contributed by atoms with Gasteiger partial charge >= 0.3 is 6.18 Å². The fourth-order valence-corrected chi connectivity index (χ4v) is 3.83. The zero-order valence-corrected chi connectivity index (χ0v) is 20.3. The number of rotatable bonds is 13. The van der Waals surface area contributed by atoms with Crippen molar-refractivity contribution in [3.05, 3.63) is 35.6 Å². The lowest BCUT2D eigenvalue weighted by molar-refractivity contribution is -0.163. The predicted octanol–water partition coefficient (Wildman–Crippen LogP) is 3.99. The summed E-state index contributed by atoms with van der Waals surface area (Å²) in [4.78, 5) is 25.2. The first kappa shape index (κ1) is 29.9. The van der Waals surface area contributed by atoms with Gasteiger partial charge in [-0.2, -0.15) is 13.2 Å². The van der Waals surface area contributed by atoms with Gasteiger partial charge in [0.15, 0.2) is 6.10 Å². The molecule has 0 radical (unpaired) electrons. The van der Waals surface area contributed by atoms with Crippen LogP contribution in [0.15, 0.2) is 24.3 Å². The van der Waals surface area contributed by atoms with Gasteiger partial charge in [0.25, 0.3) is 5.91 Å². The van der Waals surface area contributed by atoms with Gasteiger partial charge in [-0.25, -0.2) is 13.2 Å². The molecular weight excluding hydrogens is 492 g/mol. The first-order chi connectivity index (χ1) is 16.6. The number of halogens is 6.